The predicted octanol–water partition coefficient (Wildman–Crippen LogP) is 4.69. The molecule has 3 rings (SSSR count). The van der Waals surface area contributed by atoms with Crippen LogP contribution in [-0.4, -0.2) is 17.9 Å². The monoisotopic (exact) mass is 323 g/mol. The number of para-hydroxylation sites is 2. The van der Waals surface area contributed by atoms with Gasteiger partial charge in [0.15, 0.2) is 5.78 Å². The SMILES string of the molecule is CC(C)CC1CC(=O)c2ccccc2N1C(=O)Oc1ccccc1. The summed E-state index contributed by atoms with van der Waals surface area (Å²) in [7, 11) is 0. The van der Waals surface area contributed by atoms with Crippen LogP contribution in [0.25, 0.3) is 0 Å². The Morgan fingerprint density at radius 3 is 2.50 bits per heavy atom. The molecule has 0 bridgehead atoms. The number of hydrogen-bond donors (Lipinski definition) is 0. The lowest BCUT2D eigenvalue weighted by molar-refractivity contribution is 0.0962. The average Bonchev–Trinajstić information content (AvgIpc) is 2.55. The topological polar surface area (TPSA) is 46.6 Å². The van der Waals surface area contributed by atoms with Crippen molar-refractivity contribution in [1.29, 1.82) is 0 Å². The van der Waals surface area contributed by atoms with E-state index in [0.717, 1.165) is 6.42 Å². The van der Waals surface area contributed by atoms with Gasteiger partial charge in [-0.05, 0) is 36.6 Å². The van der Waals surface area contributed by atoms with E-state index in [2.05, 4.69) is 13.8 Å². The number of benzene rings is 2. The van der Waals surface area contributed by atoms with Gasteiger partial charge in [-0.15, -0.1) is 0 Å². The molecule has 24 heavy (non-hydrogen) atoms. The maximum atomic E-state index is 12.8. The molecule has 4 nitrogen and oxygen atoms in total. The normalized spacial score (nSPS) is 16.9. The van der Waals surface area contributed by atoms with Crippen LogP contribution < -0.4 is 9.64 Å². The van der Waals surface area contributed by atoms with Gasteiger partial charge in [-0.1, -0.05) is 44.2 Å². The summed E-state index contributed by atoms with van der Waals surface area (Å²) in [6.07, 6.45) is 0.648. The summed E-state index contributed by atoms with van der Waals surface area (Å²) in [6.45, 7) is 4.18. The van der Waals surface area contributed by atoms with Crippen molar-refractivity contribution in [2.75, 3.05) is 4.90 Å². The maximum Gasteiger partial charge on any atom is 0.420 e. The van der Waals surface area contributed by atoms with E-state index in [0.29, 0.717) is 29.3 Å². The molecule has 0 aromatic heterocycles. The molecule has 1 heterocycles. The van der Waals surface area contributed by atoms with E-state index < -0.39 is 6.09 Å². The third-order valence-corrected chi connectivity index (χ3v) is 4.14. The van der Waals surface area contributed by atoms with Crippen LogP contribution in [0.4, 0.5) is 10.5 Å². The number of Topliss-reactive ketones (excluding diaryl/α,β-unsaturated/α-hetero) is 1. The van der Waals surface area contributed by atoms with E-state index in [-0.39, 0.29) is 11.8 Å². The predicted molar refractivity (Wildman–Crippen MR) is 93.6 cm³/mol. The molecule has 0 N–H and O–H groups in total. The second-order valence-electron chi connectivity index (χ2n) is 6.48. The lowest BCUT2D eigenvalue weighted by Gasteiger charge is -2.36. The summed E-state index contributed by atoms with van der Waals surface area (Å²) in [4.78, 5) is 26.9. The molecule has 0 saturated carbocycles. The molecule has 4 heteroatoms. The summed E-state index contributed by atoms with van der Waals surface area (Å²) in [5.41, 5.74) is 1.22. The van der Waals surface area contributed by atoms with Gasteiger partial charge < -0.3 is 4.74 Å². The molecule has 1 aliphatic heterocycles. The molecule has 1 unspecified atom stereocenters. The fourth-order valence-corrected chi connectivity index (χ4v) is 3.15. The van der Waals surface area contributed by atoms with Crippen LogP contribution in [0.3, 0.4) is 0 Å². The number of carbonyl (C=O) groups is 2. The number of carbonyl (C=O) groups excluding carboxylic acids is 2. The Labute approximate surface area is 142 Å². The van der Waals surface area contributed by atoms with Crippen molar-refractivity contribution in [3.63, 3.8) is 0 Å². The van der Waals surface area contributed by atoms with Crippen LogP contribution >= 0.6 is 0 Å². The van der Waals surface area contributed by atoms with Gasteiger partial charge in [0.1, 0.15) is 5.75 Å². The molecule has 1 atom stereocenters. The molecule has 2 aromatic carbocycles. The summed E-state index contributed by atoms with van der Waals surface area (Å²) >= 11 is 0. The Morgan fingerprint density at radius 1 is 1.12 bits per heavy atom. The molecular formula is C20H21NO3. The van der Waals surface area contributed by atoms with Crippen LogP contribution in [0.2, 0.25) is 0 Å². The number of amides is 1. The third kappa shape index (κ3) is 3.32. The molecule has 0 saturated heterocycles. The zero-order valence-electron chi connectivity index (χ0n) is 13.9. The zero-order chi connectivity index (χ0) is 17.1. The van der Waals surface area contributed by atoms with E-state index in [4.69, 9.17) is 4.74 Å². The highest BCUT2D eigenvalue weighted by Gasteiger charge is 2.36. The lowest BCUT2D eigenvalue weighted by Crippen LogP contribution is -2.47. The van der Waals surface area contributed by atoms with Crippen LogP contribution in [0, 0.1) is 5.92 Å². The maximum absolute atomic E-state index is 12.8. The van der Waals surface area contributed by atoms with Gasteiger partial charge >= 0.3 is 6.09 Å². The van der Waals surface area contributed by atoms with Gasteiger partial charge in [0.05, 0.1) is 5.69 Å². The van der Waals surface area contributed by atoms with E-state index in [1.165, 1.54) is 0 Å². The Kier molecular flexibility index (Phi) is 4.65. The van der Waals surface area contributed by atoms with Gasteiger partial charge in [0, 0.05) is 18.0 Å². The molecule has 0 spiro atoms. The van der Waals surface area contributed by atoms with E-state index in [9.17, 15) is 9.59 Å². The number of hydrogen-bond acceptors (Lipinski definition) is 3. The largest absolute Gasteiger partial charge is 0.420 e. The van der Waals surface area contributed by atoms with Gasteiger partial charge in [0.2, 0.25) is 0 Å². The van der Waals surface area contributed by atoms with Crippen molar-refractivity contribution in [1.82, 2.24) is 0 Å². The number of ketones is 1. The highest BCUT2D eigenvalue weighted by molar-refractivity contribution is 6.08. The average molecular weight is 323 g/mol. The molecule has 124 valence electrons. The second kappa shape index (κ2) is 6.87. The van der Waals surface area contributed by atoms with Crippen molar-refractivity contribution in [3.05, 3.63) is 60.2 Å². The molecule has 0 fully saturated rings. The van der Waals surface area contributed by atoms with Crippen LogP contribution in [0.1, 0.15) is 37.0 Å². The number of nitrogens with zero attached hydrogens (tertiary/aromatic N) is 1. The minimum absolute atomic E-state index is 0.0833. The summed E-state index contributed by atoms with van der Waals surface area (Å²) < 4.78 is 5.53. The number of rotatable bonds is 3. The van der Waals surface area contributed by atoms with Crippen molar-refractivity contribution in [2.45, 2.75) is 32.7 Å². The Morgan fingerprint density at radius 2 is 1.79 bits per heavy atom. The Balaban J connectivity index is 1.95. The molecule has 2 aromatic rings. The Hall–Kier alpha value is -2.62. The van der Waals surface area contributed by atoms with Gasteiger partial charge in [0.25, 0.3) is 0 Å². The van der Waals surface area contributed by atoms with Gasteiger partial charge in [-0.25, -0.2) is 4.79 Å². The number of ether oxygens (including phenoxy) is 1. The highest BCUT2D eigenvalue weighted by atomic mass is 16.6. The Bertz CT molecular complexity index is 740. The first-order valence-electron chi connectivity index (χ1n) is 8.24. The lowest BCUT2D eigenvalue weighted by atomic mass is 9.90. The first-order valence-corrected chi connectivity index (χ1v) is 8.24. The molecular weight excluding hydrogens is 302 g/mol. The van der Waals surface area contributed by atoms with Gasteiger partial charge in [-0.2, -0.15) is 0 Å². The second-order valence-corrected chi connectivity index (χ2v) is 6.48. The summed E-state index contributed by atoms with van der Waals surface area (Å²) in [5.74, 6) is 0.959. The molecule has 0 aliphatic carbocycles. The fraction of sp³-hybridized carbons (Fsp3) is 0.300. The zero-order valence-corrected chi connectivity index (χ0v) is 13.9. The van der Waals surface area contributed by atoms with E-state index >= 15 is 0 Å². The summed E-state index contributed by atoms with van der Waals surface area (Å²) in [5, 5.41) is 0. The van der Waals surface area contributed by atoms with Crippen LogP contribution in [-0.2, 0) is 0 Å². The molecule has 1 aliphatic rings. The van der Waals surface area contributed by atoms with Crippen molar-refractivity contribution in [3.8, 4) is 5.75 Å². The first kappa shape index (κ1) is 16.2. The minimum atomic E-state index is -0.438. The number of anilines is 1. The van der Waals surface area contributed by atoms with Crippen LogP contribution in [0.15, 0.2) is 54.6 Å². The fourth-order valence-electron chi connectivity index (χ4n) is 3.15. The highest BCUT2D eigenvalue weighted by Crippen LogP contribution is 2.33. The van der Waals surface area contributed by atoms with Gasteiger partial charge in [-0.3, -0.25) is 9.69 Å². The van der Waals surface area contributed by atoms with Crippen molar-refractivity contribution < 1.29 is 14.3 Å². The first-order chi connectivity index (χ1) is 11.6. The number of fused-ring (bicyclic) bond motifs is 1. The van der Waals surface area contributed by atoms with Crippen molar-refractivity contribution in [2.24, 2.45) is 5.92 Å². The quantitative estimate of drug-likeness (QED) is 0.823. The summed E-state index contributed by atoms with van der Waals surface area (Å²) in [6, 6.07) is 16.1. The third-order valence-electron chi connectivity index (χ3n) is 4.14. The van der Waals surface area contributed by atoms with Crippen LogP contribution in [0.5, 0.6) is 5.75 Å². The van der Waals surface area contributed by atoms with E-state index in [1.807, 2.05) is 36.4 Å². The van der Waals surface area contributed by atoms with E-state index in [1.54, 1.807) is 23.1 Å². The smallest absolute Gasteiger partial charge is 0.410 e. The molecule has 0 radical (unpaired) electrons. The van der Waals surface area contributed by atoms with Crippen molar-refractivity contribution >= 4 is 17.6 Å². The molecule has 1 amide bonds. The minimum Gasteiger partial charge on any atom is -0.410 e. The standard InChI is InChI=1S/C20H21NO3/c1-14(2)12-15-13-19(22)17-10-6-7-11-18(17)21(15)20(23)24-16-8-4-3-5-9-16/h3-11,14-15H,12-13H2,1-2H3.